The second-order valence-electron chi connectivity index (χ2n) is 5.20. The number of methoxy groups -OCH3 is 1. The summed E-state index contributed by atoms with van der Waals surface area (Å²) in [6, 6.07) is 6.72. The first kappa shape index (κ1) is 16.5. The lowest BCUT2D eigenvalue weighted by atomic mass is 10.1. The lowest BCUT2D eigenvalue weighted by molar-refractivity contribution is -0.121. The lowest BCUT2D eigenvalue weighted by Gasteiger charge is -2.08. The van der Waals surface area contributed by atoms with Crippen LogP contribution in [0.3, 0.4) is 0 Å². The molecule has 0 fully saturated rings. The van der Waals surface area contributed by atoms with E-state index >= 15 is 0 Å². The standard InChI is InChI=1S/C16H20N4O3/c1-10-7-11(2)20(19-10)9-16(22)18-17-12(3)14-8-13(23-4)5-6-15(14)21/h5-8,21H,9H2,1-4H3,(H,18,22)/b17-12+. The maximum absolute atomic E-state index is 12.0. The van der Waals surface area contributed by atoms with E-state index in [2.05, 4.69) is 15.6 Å². The number of aromatic nitrogens is 2. The van der Waals surface area contributed by atoms with Crippen LogP contribution in [0, 0.1) is 13.8 Å². The van der Waals surface area contributed by atoms with E-state index in [0.29, 0.717) is 17.0 Å². The molecule has 1 amide bonds. The van der Waals surface area contributed by atoms with Crippen molar-refractivity contribution in [1.82, 2.24) is 15.2 Å². The third-order valence-electron chi connectivity index (χ3n) is 3.34. The number of hydrogen-bond acceptors (Lipinski definition) is 5. The summed E-state index contributed by atoms with van der Waals surface area (Å²) in [5.74, 6) is 0.374. The Morgan fingerprint density at radius 2 is 2.13 bits per heavy atom. The predicted octanol–water partition coefficient (Wildman–Crippen LogP) is 1.75. The summed E-state index contributed by atoms with van der Waals surface area (Å²) in [6.07, 6.45) is 0. The molecule has 1 heterocycles. The fourth-order valence-electron chi connectivity index (χ4n) is 2.14. The van der Waals surface area contributed by atoms with Crippen LogP contribution in [0.25, 0.3) is 0 Å². The van der Waals surface area contributed by atoms with E-state index in [1.807, 2.05) is 19.9 Å². The molecule has 23 heavy (non-hydrogen) atoms. The van der Waals surface area contributed by atoms with Crippen LogP contribution in [0.4, 0.5) is 0 Å². The molecule has 2 rings (SSSR count). The number of aryl methyl sites for hydroxylation is 2. The summed E-state index contributed by atoms with van der Waals surface area (Å²) in [4.78, 5) is 12.0. The zero-order valence-corrected chi connectivity index (χ0v) is 13.6. The SMILES string of the molecule is COc1ccc(O)c(/C(C)=N/NC(=O)Cn2nc(C)cc2C)c1. The van der Waals surface area contributed by atoms with E-state index in [0.717, 1.165) is 11.4 Å². The molecule has 1 aromatic heterocycles. The van der Waals surface area contributed by atoms with Gasteiger partial charge in [0.05, 0.1) is 18.5 Å². The van der Waals surface area contributed by atoms with Crippen LogP contribution in [-0.4, -0.2) is 33.6 Å². The number of phenols is 1. The molecule has 0 saturated heterocycles. The topological polar surface area (TPSA) is 88.7 Å². The summed E-state index contributed by atoms with van der Waals surface area (Å²) >= 11 is 0. The van der Waals surface area contributed by atoms with Gasteiger partial charge in [0, 0.05) is 11.3 Å². The first-order valence-electron chi connectivity index (χ1n) is 7.12. The van der Waals surface area contributed by atoms with Crippen molar-refractivity contribution in [2.45, 2.75) is 27.3 Å². The Morgan fingerprint density at radius 3 is 2.74 bits per heavy atom. The number of benzene rings is 1. The molecule has 122 valence electrons. The normalized spacial score (nSPS) is 11.4. The van der Waals surface area contributed by atoms with E-state index in [1.54, 1.807) is 30.8 Å². The number of hydrazone groups is 1. The van der Waals surface area contributed by atoms with Gasteiger partial charge in [0.25, 0.3) is 5.91 Å². The highest BCUT2D eigenvalue weighted by molar-refractivity contribution is 6.01. The summed E-state index contributed by atoms with van der Waals surface area (Å²) in [6.45, 7) is 5.53. The second-order valence-corrected chi connectivity index (χ2v) is 5.20. The average Bonchev–Trinajstić information content (AvgIpc) is 2.83. The molecule has 0 atom stereocenters. The van der Waals surface area contributed by atoms with Crippen LogP contribution in [0.15, 0.2) is 29.4 Å². The average molecular weight is 316 g/mol. The summed E-state index contributed by atoms with van der Waals surface area (Å²) in [5.41, 5.74) is 5.20. The van der Waals surface area contributed by atoms with Gasteiger partial charge in [0.2, 0.25) is 0 Å². The molecule has 7 heteroatoms. The number of carbonyl (C=O) groups excluding carboxylic acids is 1. The largest absolute Gasteiger partial charge is 0.507 e. The molecule has 0 aliphatic heterocycles. The van der Waals surface area contributed by atoms with Crippen molar-refractivity contribution in [3.05, 3.63) is 41.2 Å². The van der Waals surface area contributed by atoms with Gasteiger partial charge in [-0.1, -0.05) is 0 Å². The van der Waals surface area contributed by atoms with Gasteiger partial charge in [-0.2, -0.15) is 10.2 Å². The highest BCUT2D eigenvalue weighted by Gasteiger charge is 2.09. The van der Waals surface area contributed by atoms with Gasteiger partial charge < -0.3 is 9.84 Å². The van der Waals surface area contributed by atoms with Gasteiger partial charge >= 0.3 is 0 Å². The van der Waals surface area contributed by atoms with Crippen LogP contribution in [-0.2, 0) is 11.3 Å². The molecular weight excluding hydrogens is 296 g/mol. The molecule has 0 aliphatic rings. The third kappa shape index (κ3) is 4.09. The second kappa shape index (κ2) is 6.95. The van der Waals surface area contributed by atoms with E-state index in [9.17, 15) is 9.90 Å². The minimum absolute atomic E-state index is 0.0693. The molecule has 1 aromatic carbocycles. The van der Waals surface area contributed by atoms with E-state index in [1.165, 1.54) is 6.07 Å². The van der Waals surface area contributed by atoms with E-state index in [4.69, 9.17) is 4.74 Å². The van der Waals surface area contributed by atoms with Crippen LogP contribution in [0.1, 0.15) is 23.9 Å². The monoisotopic (exact) mass is 316 g/mol. The maximum atomic E-state index is 12.0. The van der Waals surface area contributed by atoms with Crippen molar-refractivity contribution >= 4 is 11.6 Å². The van der Waals surface area contributed by atoms with Crippen molar-refractivity contribution in [3.8, 4) is 11.5 Å². The zero-order valence-electron chi connectivity index (χ0n) is 13.6. The van der Waals surface area contributed by atoms with E-state index < -0.39 is 0 Å². The van der Waals surface area contributed by atoms with Crippen molar-refractivity contribution in [1.29, 1.82) is 0 Å². The first-order chi connectivity index (χ1) is 10.9. The number of aromatic hydroxyl groups is 1. The summed E-state index contributed by atoms with van der Waals surface area (Å²) in [5, 5.41) is 18.1. The van der Waals surface area contributed by atoms with Gasteiger partial charge in [0.1, 0.15) is 18.0 Å². The molecule has 2 N–H and O–H groups in total. The minimum atomic E-state index is -0.294. The molecule has 0 aliphatic carbocycles. The molecule has 7 nitrogen and oxygen atoms in total. The predicted molar refractivity (Wildman–Crippen MR) is 86.7 cm³/mol. The maximum Gasteiger partial charge on any atom is 0.261 e. The minimum Gasteiger partial charge on any atom is -0.507 e. The van der Waals surface area contributed by atoms with E-state index in [-0.39, 0.29) is 18.2 Å². The Bertz CT molecular complexity index is 750. The first-order valence-corrected chi connectivity index (χ1v) is 7.12. The van der Waals surface area contributed by atoms with Crippen molar-refractivity contribution in [2.75, 3.05) is 7.11 Å². The molecule has 2 aromatic rings. The van der Waals surface area contributed by atoms with Gasteiger partial charge in [-0.3, -0.25) is 9.48 Å². The number of amides is 1. The molecule has 0 saturated carbocycles. The zero-order chi connectivity index (χ0) is 17.0. The van der Waals surface area contributed by atoms with Gasteiger partial charge in [0.15, 0.2) is 0 Å². The number of nitrogens with one attached hydrogen (secondary N) is 1. The molecule has 0 unspecified atom stereocenters. The molecule has 0 bridgehead atoms. The Balaban J connectivity index is 2.07. The lowest BCUT2D eigenvalue weighted by Crippen LogP contribution is -2.25. The third-order valence-corrected chi connectivity index (χ3v) is 3.34. The Morgan fingerprint density at radius 1 is 1.39 bits per heavy atom. The highest BCUT2D eigenvalue weighted by atomic mass is 16.5. The smallest absolute Gasteiger partial charge is 0.261 e. The number of nitrogens with zero attached hydrogens (tertiary/aromatic N) is 3. The van der Waals surface area contributed by atoms with Crippen LogP contribution >= 0.6 is 0 Å². The fraction of sp³-hybridized carbons (Fsp3) is 0.312. The van der Waals surface area contributed by atoms with Crippen molar-refractivity contribution in [2.24, 2.45) is 5.10 Å². The quantitative estimate of drug-likeness (QED) is 0.650. The van der Waals surface area contributed by atoms with Crippen LogP contribution < -0.4 is 10.2 Å². The van der Waals surface area contributed by atoms with Gasteiger partial charge in [-0.05, 0) is 45.0 Å². The Kier molecular flexibility index (Phi) is 5.00. The number of rotatable bonds is 5. The Labute approximate surface area is 134 Å². The van der Waals surface area contributed by atoms with Crippen molar-refractivity contribution < 1.29 is 14.6 Å². The fourth-order valence-corrected chi connectivity index (χ4v) is 2.14. The summed E-state index contributed by atoms with van der Waals surface area (Å²) in [7, 11) is 1.54. The van der Waals surface area contributed by atoms with Gasteiger partial charge in [-0.15, -0.1) is 0 Å². The number of carbonyl (C=O) groups is 1. The number of phenolic OH excluding ortho intramolecular Hbond substituents is 1. The summed E-state index contributed by atoms with van der Waals surface area (Å²) < 4.78 is 6.72. The molecule has 0 radical (unpaired) electrons. The Hall–Kier alpha value is -2.83. The number of hydrogen-bond donors (Lipinski definition) is 2. The number of ether oxygens (including phenoxy) is 1. The highest BCUT2D eigenvalue weighted by Crippen LogP contribution is 2.23. The van der Waals surface area contributed by atoms with Crippen molar-refractivity contribution in [3.63, 3.8) is 0 Å². The molecular formula is C16H20N4O3. The van der Waals surface area contributed by atoms with Crippen LogP contribution in [0.2, 0.25) is 0 Å². The van der Waals surface area contributed by atoms with Crippen LogP contribution in [0.5, 0.6) is 11.5 Å². The molecule has 0 spiro atoms. The van der Waals surface area contributed by atoms with Gasteiger partial charge in [-0.25, -0.2) is 5.43 Å².